The third-order valence-electron chi connectivity index (χ3n) is 2.08. The standard InChI is InChI=1S/C11H16N2O3/c1-7(6-14)13-11(15)8-3-9(12)5-10(4-8)16-2/h3-5,7,14H,6,12H2,1-2H3,(H,13,15)/t7-/m0/s1. The summed E-state index contributed by atoms with van der Waals surface area (Å²) in [5.74, 6) is 0.244. The average molecular weight is 224 g/mol. The van der Waals surface area contributed by atoms with Crippen LogP contribution in [0.4, 0.5) is 5.69 Å². The van der Waals surface area contributed by atoms with E-state index in [-0.39, 0.29) is 18.6 Å². The molecule has 88 valence electrons. The SMILES string of the molecule is COc1cc(N)cc(C(=O)N[C@@H](C)CO)c1. The van der Waals surface area contributed by atoms with Crippen LogP contribution in [-0.2, 0) is 0 Å². The first-order valence-electron chi connectivity index (χ1n) is 4.93. The van der Waals surface area contributed by atoms with Gasteiger partial charge in [-0.15, -0.1) is 0 Å². The molecule has 0 aromatic heterocycles. The summed E-state index contributed by atoms with van der Waals surface area (Å²) in [5, 5.41) is 11.4. The highest BCUT2D eigenvalue weighted by molar-refractivity contribution is 5.95. The molecule has 0 spiro atoms. The zero-order valence-corrected chi connectivity index (χ0v) is 9.36. The quantitative estimate of drug-likeness (QED) is 0.646. The number of nitrogen functional groups attached to an aromatic ring is 1. The molecule has 4 N–H and O–H groups in total. The molecule has 1 atom stereocenters. The van der Waals surface area contributed by atoms with Gasteiger partial charge in [0, 0.05) is 23.4 Å². The van der Waals surface area contributed by atoms with Crippen molar-refractivity contribution in [1.29, 1.82) is 0 Å². The number of carbonyl (C=O) groups is 1. The molecule has 0 heterocycles. The Morgan fingerprint density at radius 1 is 1.56 bits per heavy atom. The van der Waals surface area contributed by atoms with E-state index in [1.54, 1.807) is 25.1 Å². The maximum Gasteiger partial charge on any atom is 0.251 e. The van der Waals surface area contributed by atoms with Gasteiger partial charge < -0.3 is 20.9 Å². The van der Waals surface area contributed by atoms with E-state index >= 15 is 0 Å². The third-order valence-corrected chi connectivity index (χ3v) is 2.08. The van der Waals surface area contributed by atoms with E-state index < -0.39 is 0 Å². The Balaban J connectivity index is 2.86. The molecule has 0 saturated heterocycles. The lowest BCUT2D eigenvalue weighted by Crippen LogP contribution is -2.35. The van der Waals surface area contributed by atoms with E-state index in [9.17, 15) is 4.79 Å². The molecule has 1 amide bonds. The van der Waals surface area contributed by atoms with E-state index in [0.29, 0.717) is 17.0 Å². The molecule has 1 rings (SSSR count). The van der Waals surface area contributed by atoms with Gasteiger partial charge in [0.05, 0.1) is 13.7 Å². The van der Waals surface area contributed by atoms with Crippen molar-refractivity contribution in [3.8, 4) is 5.75 Å². The van der Waals surface area contributed by atoms with E-state index in [1.165, 1.54) is 7.11 Å². The Labute approximate surface area is 94.2 Å². The molecular weight excluding hydrogens is 208 g/mol. The molecule has 0 fully saturated rings. The smallest absolute Gasteiger partial charge is 0.251 e. The van der Waals surface area contributed by atoms with Crippen LogP contribution in [0.1, 0.15) is 17.3 Å². The summed E-state index contributed by atoms with van der Waals surface area (Å²) in [4.78, 5) is 11.7. The molecular formula is C11H16N2O3. The first-order valence-corrected chi connectivity index (χ1v) is 4.93. The van der Waals surface area contributed by atoms with Crippen LogP contribution < -0.4 is 15.8 Å². The fourth-order valence-electron chi connectivity index (χ4n) is 1.22. The Bertz CT molecular complexity index is 379. The first kappa shape index (κ1) is 12.3. The number of methoxy groups -OCH3 is 1. The van der Waals surface area contributed by atoms with Gasteiger partial charge in [0.25, 0.3) is 5.91 Å². The second-order valence-corrected chi connectivity index (χ2v) is 3.55. The molecule has 0 saturated carbocycles. The Hall–Kier alpha value is -1.75. The molecule has 1 aromatic rings. The van der Waals surface area contributed by atoms with Crippen molar-refractivity contribution < 1.29 is 14.6 Å². The van der Waals surface area contributed by atoms with Crippen molar-refractivity contribution in [3.05, 3.63) is 23.8 Å². The summed E-state index contributed by atoms with van der Waals surface area (Å²) < 4.78 is 5.01. The summed E-state index contributed by atoms with van der Waals surface area (Å²) in [5.41, 5.74) is 6.50. The van der Waals surface area contributed by atoms with Gasteiger partial charge in [0.2, 0.25) is 0 Å². The van der Waals surface area contributed by atoms with Crippen LogP contribution in [0.2, 0.25) is 0 Å². The molecule has 1 aromatic carbocycles. The lowest BCUT2D eigenvalue weighted by molar-refractivity contribution is 0.0922. The van der Waals surface area contributed by atoms with Crippen molar-refractivity contribution in [2.75, 3.05) is 19.5 Å². The Morgan fingerprint density at radius 2 is 2.25 bits per heavy atom. The van der Waals surface area contributed by atoms with Crippen molar-refractivity contribution in [3.63, 3.8) is 0 Å². The van der Waals surface area contributed by atoms with Crippen LogP contribution in [0, 0.1) is 0 Å². The molecule has 0 radical (unpaired) electrons. The molecule has 0 aliphatic rings. The lowest BCUT2D eigenvalue weighted by Gasteiger charge is -2.11. The number of hydrogen-bond acceptors (Lipinski definition) is 4. The molecule has 0 bridgehead atoms. The number of anilines is 1. The molecule has 0 unspecified atom stereocenters. The number of amides is 1. The van der Waals surface area contributed by atoms with E-state index in [0.717, 1.165) is 0 Å². The van der Waals surface area contributed by atoms with Crippen molar-refractivity contribution in [2.24, 2.45) is 0 Å². The van der Waals surface area contributed by atoms with Gasteiger partial charge in [-0.25, -0.2) is 0 Å². The number of carbonyl (C=O) groups excluding carboxylic acids is 1. The number of rotatable bonds is 4. The lowest BCUT2D eigenvalue weighted by atomic mass is 10.1. The molecule has 0 aliphatic heterocycles. The topological polar surface area (TPSA) is 84.6 Å². The van der Waals surface area contributed by atoms with Gasteiger partial charge in [-0.2, -0.15) is 0 Å². The third kappa shape index (κ3) is 3.13. The zero-order valence-electron chi connectivity index (χ0n) is 9.36. The number of benzene rings is 1. The van der Waals surface area contributed by atoms with Crippen LogP contribution in [-0.4, -0.2) is 30.8 Å². The second-order valence-electron chi connectivity index (χ2n) is 3.55. The monoisotopic (exact) mass is 224 g/mol. The maximum absolute atomic E-state index is 11.7. The summed E-state index contributed by atoms with van der Waals surface area (Å²) in [6, 6.07) is 4.49. The van der Waals surface area contributed by atoms with Gasteiger partial charge in [0.15, 0.2) is 0 Å². The highest BCUT2D eigenvalue weighted by atomic mass is 16.5. The van der Waals surface area contributed by atoms with E-state index in [1.807, 2.05) is 0 Å². The number of hydrogen-bond donors (Lipinski definition) is 3. The zero-order chi connectivity index (χ0) is 12.1. The summed E-state index contributed by atoms with van der Waals surface area (Å²) in [7, 11) is 1.51. The average Bonchev–Trinajstić information content (AvgIpc) is 2.27. The van der Waals surface area contributed by atoms with E-state index in [2.05, 4.69) is 5.32 Å². The minimum atomic E-state index is -0.292. The van der Waals surface area contributed by atoms with Gasteiger partial charge >= 0.3 is 0 Å². The molecule has 5 nitrogen and oxygen atoms in total. The maximum atomic E-state index is 11.7. The van der Waals surface area contributed by atoms with Gasteiger partial charge in [-0.1, -0.05) is 0 Å². The van der Waals surface area contributed by atoms with Gasteiger partial charge in [-0.3, -0.25) is 4.79 Å². The fourth-order valence-corrected chi connectivity index (χ4v) is 1.22. The summed E-state index contributed by atoms with van der Waals surface area (Å²) in [6.07, 6.45) is 0. The number of aliphatic hydroxyl groups is 1. The highest BCUT2D eigenvalue weighted by Gasteiger charge is 2.10. The van der Waals surface area contributed by atoms with Gasteiger partial charge in [0.1, 0.15) is 5.75 Å². The Kier molecular flexibility index (Phi) is 4.13. The normalized spacial score (nSPS) is 11.9. The van der Waals surface area contributed by atoms with Gasteiger partial charge in [-0.05, 0) is 19.1 Å². The first-order chi connectivity index (χ1) is 7.56. The van der Waals surface area contributed by atoms with Crippen molar-refractivity contribution >= 4 is 11.6 Å². The number of nitrogens with two attached hydrogens (primary N) is 1. The van der Waals surface area contributed by atoms with Crippen molar-refractivity contribution in [2.45, 2.75) is 13.0 Å². The molecule has 16 heavy (non-hydrogen) atoms. The van der Waals surface area contributed by atoms with Crippen LogP contribution in [0.25, 0.3) is 0 Å². The number of ether oxygens (including phenoxy) is 1. The van der Waals surface area contributed by atoms with E-state index in [4.69, 9.17) is 15.6 Å². The fraction of sp³-hybridized carbons (Fsp3) is 0.364. The second kappa shape index (κ2) is 5.37. The number of nitrogens with one attached hydrogen (secondary N) is 1. The minimum Gasteiger partial charge on any atom is -0.497 e. The largest absolute Gasteiger partial charge is 0.497 e. The van der Waals surface area contributed by atoms with Crippen LogP contribution >= 0.6 is 0 Å². The van der Waals surface area contributed by atoms with Crippen molar-refractivity contribution in [1.82, 2.24) is 5.32 Å². The predicted molar refractivity (Wildman–Crippen MR) is 61.4 cm³/mol. The van der Waals surface area contributed by atoms with Crippen LogP contribution in [0.3, 0.4) is 0 Å². The summed E-state index contributed by atoms with van der Waals surface area (Å²) >= 11 is 0. The minimum absolute atomic E-state index is 0.106. The highest BCUT2D eigenvalue weighted by Crippen LogP contribution is 2.18. The summed E-state index contributed by atoms with van der Waals surface area (Å²) in [6.45, 7) is 1.60. The van der Waals surface area contributed by atoms with Crippen LogP contribution in [0.5, 0.6) is 5.75 Å². The van der Waals surface area contributed by atoms with Crippen LogP contribution in [0.15, 0.2) is 18.2 Å². The molecule has 0 aliphatic carbocycles. The predicted octanol–water partition coefficient (Wildman–Crippen LogP) is 0.388. The number of aliphatic hydroxyl groups excluding tert-OH is 1. The molecule has 5 heteroatoms. The Morgan fingerprint density at radius 3 is 2.81 bits per heavy atom.